The van der Waals surface area contributed by atoms with Gasteiger partial charge in [0.2, 0.25) is 5.91 Å². The number of aryl methyl sites for hydroxylation is 2. The van der Waals surface area contributed by atoms with Crippen LogP contribution < -0.4 is 11.0 Å². The fourth-order valence-electron chi connectivity index (χ4n) is 2.72. The van der Waals surface area contributed by atoms with Gasteiger partial charge in [-0.25, -0.2) is 9.48 Å². The van der Waals surface area contributed by atoms with Crippen LogP contribution in [0.1, 0.15) is 17.8 Å². The van der Waals surface area contributed by atoms with Gasteiger partial charge < -0.3 is 5.32 Å². The molecule has 0 unspecified atom stereocenters. The van der Waals surface area contributed by atoms with Gasteiger partial charge in [0.25, 0.3) is 0 Å². The molecule has 0 aliphatic carbocycles. The molecule has 22 heavy (non-hydrogen) atoms. The number of rotatable bonds is 3. The molecule has 2 aromatic rings. The summed E-state index contributed by atoms with van der Waals surface area (Å²) in [5.74, 6) is 0.487. The first-order valence-corrected chi connectivity index (χ1v) is 7.58. The molecule has 1 aliphatic rings. The van der Waals surface area contributed by atoms with Gasteiger partial charge in [-0.15, -0.1) is 0 Å². The summed E-state index contributed by atoms with van der Waals surface area (Å²) in [5.41, 5.74) is 0.714. The van der Waals surface area contributed by atoms with E-state index in [9.17, 15) is 9.59 Å². The van der Waals surface area contributed by atoms with Gasteiger partial charge in [-0.3, -0.25) is 9.36 Å². The molecule has 0 radical (unpaired) electrons. The van der Waals surface area contributed by atoms with E-state index in [4.69, 9.17) is 11.6 Å². The summed E-state index contributed by atoms with van der Waals surface area (Å²) >= 11 is 6.08. The molecule has 0 saturated heterocycles. The Bertz CT molecular complexity index is 765. The Kier molecular flexibility index (Phi) is 4.02. The Labute approximate surface area is 132 Å². The van der Waals surface area contributed by atoms with Gasteiger partial charge in [-0.1, -0.05) is 29.8 Å². The number of benzene rings is 1. The summed E-state index contributed by atoms with van der Waals surface area (Å²) < 4.78 is 2.91. The number of aromatic nitrogens is 3. The molecule has 1 amide bonds. The molecule has 1 atom stereocenters. The minimum atomic E-state index is -0.211. The number of carbonyl (C=O) groups excluding carboxylic acids is 1. The minimum absolute atomic E-state index is 0.0543. The first-order chi connectivity index (χ1) is 10.6. The smallest absolute Gasteiger partial charge is 0.345 e. The van der Waals surface area contributed by atoms with Crippen LogP contribution >= 0.6 is 11.6 Å². The van der Waals surface area contributed by atoms with Gasteiger partial charge >= 0.3 is 5.69 Å². The second-order valence-electron chi connectivity index (χ2n) is 5.48. The van der Waals surface area contributed by atoms with Crippen LogP contribution in [0.25, 0.3) is 0 Å². The SMILES string of the molecule is Cn1nc2n(c1=O)C[C@H](C(=O)NCc1ccccc1Cl)CC2. The normalized spacial score (nSPS) is 17.1. The highest BCUT2D eigenvalue weighted by Crippen LogP contribution is 2.18. The van der Waals surface area contributed by atoms with Crippen molar-refractivity contribution >= 4 is 17.5 Å². The quantitative estimate of drug-likeness (QED) is 0.921. The third kappa shape index (κ3) is 2.78. The highest BCUT2D eigenvalue weighted by molar-refractivity contribution is 6.31. The number of nitrogens with zero attached hydrogens (tertiary/aromatic N) is 3. The number of hydrogen-bond donors (Lipinski definition) is 1. The van der Waals surface area contributed by atoms with Gasteiger partial charge in [-0.2, -0.15) is 5.10 Å². The van der Waals surface area contributed by atoms with E-state index in [-0.39, 0.29) is 17.5 Å². The molecule has 1 aromatic carbocycles. The zero-order valence-corrected chi connectivity index (χ0v) is 13.0. The first-order valence-electron chi connectivity index (χ1n) is 7.20. The number of nitrogens with one attached hydrogen (secondary N) is 1. The number of halogens is 1. The van der Waals surface area contributed by atoms with E-state index in [1.807, 2.05) is 18.2 Å². The van der Waals surface area contributed by atoms with Crippen molar-refractivity contribution in [3.8, 4) is 0 Å². The van der Waals surface area contributed by atoms with E-state index in [2.05, 4.69) is 10.4 Å². The van der Waals surface area contributed by atoms with Crippen molar-refractivity contribution in [1.82, 2.24) is 19.7 Å². The van der Waals surface area contributed by atoms with E-state index in [1.165, 1.54) is 4.68 Å². The first kappa shape index (κ1) is 14.8. The predicted octanol–water partition coefficient (Wildman–Crippen LogP) is 1.11. The van der Waals surface area contributed by atoms with Crippen LogP contribution in [0.4, 0.5) is 0 Å². The molecule has 0 bridgehead atoms. The van der Waals surface area contributed by atoms with Crippen molar-refractivity contribution in [1.29, 1.82) is 0 Å². The predicted molar refractivity (Wildman–Crippen MR) is 82.6 cm³/mol. The average Bonchev–Trinajstić information content (AvgIpc) is 2.81. The standard InChI is InChI=1S/C15H17ClN4O2/c1-19-15(22)20-9-11(6-7-13(20)18-19)14(21)17-8-10-4-2-3-5-12(10)16/h2-5,11H,6-9H2,1H3,(H,17,21)/t11-/m1/s1. The molecule has 1 aromatic heterocycles. The third-order valence-electron chi connectivity index (χ3n) is 3.99. The lowest BCUT2D eigenvalue weighted by atomic mass is 9.98. The molecule has 0 fully saturated rings. The van der Waals surface area contributed by atoms with Gasteiger partial charge in [0.15, 0.2) is 0 Å². The maximum atomic E-state index is 12.3. The third-order valence-corrected chi connectivity index (χ3v) is 4.35. The molecular formula is C15H17ClN4O2. The summed E-state index contributed by atoms with van der Waals surface area (Å²) in [7, 11) is 1.63. The van der Waals surface area contributed by atoms with E-state index in [1.54, 1.807) is 17.7 Å². The van der Waals surface area contributed by atoms with Crippen LogP contribution in [0, 0.1) is 5.92 Å². The lowest BCUT2D eigenvalue weighted by molar-refractivity contribution is -0.126. The van der Waals surface area contributed by atoms with E-state index >= 15 is 0 Å². The maximum absolute atomic E-state index is 12.3. The molecule has 2 heterocycles. The largest absolute Gasteiger partial charge is 0.352 e. The van der Waals surface area contributed by atoms with Gasteiger partial charge in [0, 0.05) is 31.6 Å². The Morgan fingerprint density at radius 1 is 1.45 bits per heavy atom. The Balaban J connectivity index is 1.66. The number of fused-ring (bicyclic) bond motifs is 1. The van der Waals surface area contributed by atoms with Gasteiger partial charge in [0.1, 0.15) is 5.82 Å². The van der Waals surface area contributed by atoms with Crippen LogP contribution in [0.2, 0.25) is 5.02 Å². The molecule has 3 rings (SSSR count). The molecule has 7 heteroatoms. The van der Waals surface area contributed by atoms with Crippen LogP contribution in [-0.2, 0) is 31.4 Å². The van der Waals surface area contributed by atoms with Crippen molar-refractivity contribution in [2.45, 2.75) is 25.9 Å². The fourth-order valence-corrected chi connectivity index (χ4v) is 2.92. The number of amides is 1. The van der Waals surface area contributed by atoms with E-state index in [0.717, 1.165) is 11.4 Å². The molecule has 0 spiro atoms. The van der Waals surface area contributed by atoms with Crippen LogP contribution in [0.3, 0.4) is 0 Å². The second-order valence-corrected chi connectivity index (χ2v) is 5.89. The highest BCUT2D eigenvalue weighted by Gasteiger charge is 2.27. The maximum Gasteiger partial charge on any atom is 0.345 e. The Hall–Kier alpha value is -2.08. The topological polar surface area (TPSA) is 68.9 Å². The minimum Gasteiger partial charge on any atom is -0.352 e. The number of carbonyl (C=O) groups is 1. The monoisotopic (exact) mass is 320 g/mol. The number of hydrogen-bond acceptors (Lipinski definition) is 3. The van der Waals surface area contributed by atoms with E-state index in [0.29, 0.717) is 31.0 Å². The van der Waals surface area contributed by atoms with Gasteiger partial charge in [-0.05, 0) is 18.1 Å². The summed E-state index contributed by atoms with van der Waals surface area (Å²) in [6, 6.07) is 7.42. The van der Waals surface area contributed by atoms with Crippen LogP contribution in [0.5, 0.6) is 0 Å². The van der Waals surface area contributed by atoms with Crippen LogP contribution in [0.15, 0.2) is 29.1 Å². The molecule has 6 nitrogen and oxygen atoms in total. The molecule has 1 aliphatic heterocycles. The summed E-state index contributed by atoms with van der Waals surface area (Å²) in [6.07, 6.45) is 1.34. The molecule has 1 N–H and O–H groups in total. The fraction of sp³-hybridized carbons (Fsp3) is 0.400. The van der Waals surface area contributed by atoms with Gasteiger partial charge in [0.05, 0.1) is 5.92 Å². The average molecular weight is 321 g/mol. The second kappa shape index (κ2) is 5.96. The Morgan fingerprint density at radius 3 is 3.00 bits per heavy atom. The summed E-state index contributed by atoms with van der Waals surface area (Å²) in [4.78, 5) is 24.2. The lowest BCUT2D eigenvalue weighted by Gasteiger charge is -2.21. The molecule has 0 saturated carbocycles. The summed E-state index contributed by atoms with van der Waals surface area (Å²) in [6.45, 7) is 0.778. The lowest BCUT2D eigenvalue weighted by Crippen LogP contribution is -2.38. The zero-order valence-electron chi connectivity index (χ0n) is 12.3. The van der Waals surface area contributed by atoms with Crippen molar-refractivity contribution in [3.05, 3.63) is 51.2 Å². The molecule has 116 valence electrons. The van der Waals surface area contributed by atoms with Crippen LogP contribution in [-0.4, -0.2) is 20.3 Å². The zero-order chi connectivity index (χ0) is 15.7. The Morgan fingerprint density at radius 2 is 2.23 bits per heavy atom. The van der Waals surface area contributed by atoms with E-state index < -0.39 is 0 Å². The highest BCUT2D eigenvalue weighted by atomic mass is 35.5. The summed E-state index contributed by atoms with van der Waals surface area (Å²) in [5, 5.41) is 7.70. The van der Waals surface area contributed by atoms with Crippen molar-refractivity contribution < 1.29 is 4.79 Å². The van der Waals surface area contributed by atoms with Crippen molar-refractivity contribution in [2.24, 2.45) is 13.0 Å². The van der Waals surface area contributed by atoms with Crippen molar-refractivity contribution in [2.75, 3.05) is 0 Å². The van der Waals surface area contributed by atoms with Crippen molar-refractivity contribution in [3.63, 3.8) is 0 Å². The molecular weight excluding hydrogens is 304 g/mol.